The Kier molecular flexibility index (Phi) is 4.01. The molecule has 1 atom stereocenters. The molecule has 0 spiro atoms. The van der Waals surface area contributed by atoms with Gasteiger partial charge < -0.3 is 0 Å². The van der Waals surface area contributed by atoms with Crippen molar-refractivity contribution in [3.05, 3.63) is 15.9 Å². The van der Waals surface area contributed by atoms with Crippen molar-refractivity contribution in [3.63, 3.8) is 0 Å². The lowest BCUT2D eigenvalue weighted by Gasteiger charge is -2.31. The number of hydrogen-bond donors (Lipinski definition) is 0. The van der Waals surface area contributed by atoms with Crippen LogP contribution in [0.5, 0.6) is 0 Å². The van der Waals surface area contributed by atoms with Crippen LogP contribution in [0, 0.1) is 0 Å². The van der Waals surface area contributed by atoms with Gasteiger partial charge in [-0.1, -0.05) is 0 Å². The Morgan fingerprint density at radius 1 is 1.56 bits per heavy atom. The summed E-state index contributed by atoms with van der Waals surface area (Å²) in [6.45, 7) is 2.57. The molecule has 0 aliphatic carbocycles. The van der Waals surface area contributed by atoms with E-state index >= 15 is 0 Å². The third kappa shape index (κ3) is 2.33. The van der Waals surface area contributed by atoms with Crippen LogP contribution in [-0.4, -0.2) is 36.8 Å². The molecule has 2 heterocycles. The van der Waals surface area contributed by atoms with Crippen molar-refractivity contribution in [2.75, 3.05) is 18.1 Å². The SMILES string of the molecule is CC1CSCCN1S(=O)(=O)c1sccc1Br. The minimum atomic E-state index is -3.31. The fourth-order valence-corrected chi connectivity index (χ4v) is 6.92. The van der Waals surface area contributed by atoms with E-state index in [2.05, 4.69) is 15.9 Å². The first-order valence-corrected chi connectivity index (χ1v) is 9.13. The lowest BCUT2D eigenvalue weighted by Crippen LogP contribution is -2.44. The third-order valence-corrected chi connectivity index (χ3v) is 8.28. The summed E-state index contributed by atoms with van der Waals surface area (Å²) in [5.41, 5.74) is 0. The fraction of sp³-hybridized carbons (Fsp3) is 0.556. The van der Waals surface area contributed by atoms with Gasteiger partial charge in [0.1, 0.15) is 4.21 Å². The van der Waals surface area contributed by atoms with Crippen LogP contribution in [0.2, 0.25) is 0 Å². The van der Waals surface area contributed by atoms with Crippen molar-refractivity contribution in [1.29, 1.82) is 0 Å². The van der Waals surface area contributed by atoms with E-state index in [0.717, 1.165) is 11.5 Å². The lowest BCUT2D eigenvalue weighted by atomic mass is 10.4. The summed E-state index contributed by atoms with van der Waals surface area (Å²) in [6.07, 6.45) is 0. The van der Waals surface area contributed by atoms with Gasteiger partial charge in [0.2, 0.25) is 0 Å². The number of thiophene rings is 1. The molecule has 7 heteroatoms. The highest BCUT2D eigenvalue weighted by atomic mass is 79.9. The molecule has 0 saturated carbocycles. The van der Waals surface area contributed by atoms with Gasteiger partial charge in [-0.25, -0.2) is 8.42 Å². The molecule has 0 radical (unpaired) electrons. The Hall–Kier alpha value is 0.440. The summed E-state index contributed by atoms with van der Waals surface area (Å²) in [5.74, 6) is 1.76. The Labute approximate surface area is 112 Å². The summed E-state index contributed by atoms with van der Waals surface area (Å²) in [5, 5.41) is 1.79. The van der Waals surface area contributed by atoms with Gasteiger partial charge in [-0.15, -0.1) is 11.3 Å². The van der Waals surface area contributed by atoms with Gasteiger partial charge in [0.15, 0.2) is 0 Å². The van der Waals surface area contributed by atoms with Crippen molar-refractivity contribution < 1.29 is 8.42 Å². The number of thioether (sulfide) groups is 1. The molecule has 1 aromatic heterocycles. The molecule has 1 fully saturated rings. The Morgan fingerprint density at radius 2 is 2.31 bits per heavy atom. The summed E-state index contributed by atoms with van der Waals surface area (Å²) >= 11 is 6.37. The van der Waals surface area contributed by atoms with Crippen molar-refractivity contribution >= 4 is 49.1 Å². The second-order valence-corrected chi connectivity index (χ2v) is 8.60. The highest BCUT2D eigenvalue weighted by Crippen LogP contribution is 2.32. The Morgan fingerprint density at radius 3 is 2.88 bits per heavy atom. The molecular weight excluding hydrogens is 330 g/mol. The largest absolute Gasteiger partial charge is 0.253 e. The normalized spacial score (nSPS) is 23.5. The molecule has 2 rings (SSSR count). The maximum Gasteiger partial charge on any atom is 0.253 e. The summed E-state index contributed by atoms with van der Waals surface area (Å²) in [6, 6.07) is 1.86. The first kappa shape index (κ1) is 12.9. The smallest absolute Gasteiger partial charge is 0.206 e. The highest BCUT2D eigenvalue weighted by Gasteiger charge is 2.33. The number of sulfonamides is 1. The van der Waals surface area contributed by atoms with Gasteiger partial charge in [-0.05, 0) is 34.3 Å². The number of nitrogens with zero attached hydrogens (tertiary/aromatic N) is 1. The maximum absolute atomic E-state index is 12.4. The molecule has 0 amide bonds. The predicted octanol–water partition coefficient (Wildman–Crippen LogP) is 2.64. The molecule has 90 valence electrons. The van der Waals surface area contributed by atoms with Crippen LogP contribution in [0.15, 0.2) is 20.1 Å². The number of halogens is 1. The van der Waals surface area contributed by atoms with Crippen LogP contribution in [0.3, 0.4) is 0 Å². The predicted molar refractivity (Wildman–Crippen MR) is 72.7 cm³/mol. The van der Waals surface area contributed by atoms with E-state index in [1.54, 1.807) is 15.8 Å². The molecular formula is C9H12BrNO2S3. The zero-order chi connectivity index (χ0) is 11.8. The molecule has 0 bridgehead atoms. The van der Waals surface area contributed by atoms with E-state index in [4.69, 9.17) is 0 Å². The number of rotatable bonds is 2. The van der Waals surface area contributed by atoms with Crippen molar-refractivity contribution in [3.8, 4) is 0 Å². The van der Waals surface area contributed by atoms with Gasteiger partial charge in [0, 0.05) is 28.6 Å². The quantitative estimate of drug-likeness (QED) is 0.829. The monoisotopic (exact) mass is 341 g/mol. The first-order valence-electron chi connectivity index (χ1n) is 4.86. The standard InChI is InChI=1S/C9H12BrNO2S3/c1-7-6-14-5-3-11(7)16(12,13)9-8(10)2-4-15-9/h2,4,7H,3,5-6H2,1H3. The molecule has 3 nitrogen and oxygen atoms in total. The lowest BCUT2D eigenvalue weighted by molar-refractivity contribution is 0.368. The molecule has 1 aliphatic heterocycles. The van der Waals surface area contributed by atoms with Crippen LogP contribution >= 0.6 is 39.0 Å². The van der Waals surface area contributed by atoms with Crippen molar-refractivity contribution in [2.45, 2.75) is 17.2 Å². The van der Waals surface area contributed by atoms with Gasteiger partial charge >= 0.3 is 0 Å². The first-order chi connectivity index (χ1) is 7.53. The van der Waals surface area contributed by atoms with Crippen LogP contribution in [0.25, 0.3) is 0 Å². The van der Waals surface area contributed by atoms with Crippen LogP contribution in [0.1, 0.15) is 6.92 Å². The second kappa shape index (κ2) is 4.97. The van der Waals surface area contributed by atoms with E-state index in [9.17, 15) is 8.42 Å². The van der Waals surface area contributed by atoms with E-state index < -0.39 is 10.0 Å². The molecule has 0 N–H and O–H groups in total. The van der Waals surface area contributed by atoms with Crippen molar-refractivity contribution in [1.82, 2.24) is 4.31 Å². The molecule has 0 aromatic carbocycles. The van der Waals surface area contributed by atoms with E-state index in [1.165, 1.54) is 11.3 Å². The van der Waals surface area contributed by atoms with E-state index in [0.29, 0.717) is 15.2 Å². The summed E-state index contributed by atoms with van der Waals surface area (Å²) in [4.78, 5) is 0. The average molecular weight is 342 g/mol. The topological polar surface area (TPSA) is 37.4 Å². The summed E-state index contributed by atoms with van der Waals surface area (Å²) in [7, 11) is -3.31. The average Bonchev–Trinajstić information content (AvgIpc) is 2.65. The maximum atomic E-state index is 12.4. The van der Waals surface area contributed by atoms with Gasteiger partial charge in [-0.2, -0.15) is 16.1 Å². The minimum absolute atomic E-state index is 0.0812. The molecule has 16 heavy (non-hydrogen) atoms. The highest BCUT2D eigenvalue weighted by molar-refractivity contribution is 9.10. The zero-order valence-electron chi connectivity index (χ0n) is 8.72. The van der Waals surface area contributed by atoms with Crippen LogP contribution in [0.4, 0.5) is 0 Å². The van der Waals surface area contributed by atoms with Gasteiger partial charge in [0.05, 0.1) is 0 Å². The second-order valence-electron chi connectivity index (χ2n) is 3.60. The van der Waals surface area contributed by atoms with Gasteiger partial charge in [-0.3, -0.25) is 0 Å². The Balaban J connectivity index is 2.35. The third-order valence-electron chi connectivity index (χ3n) is 2.43. The number of hydrogen-bond acceptors (Lipinski definition) is 4. The van der Waals surface area contributed by atoms with E-state index in [-0.39, 0.29) is 6.04 Å². The van der Waals surface area contributed by atoms with Crippen molar-refractivity contribution in [2.24, 2.45) is 0 Å². The summed E-state index contributed by atoms with van der Waals surface area (Å²) < 4.78 is 27.5. The van der Waals surface area contributed by atoms with Crippen LogP contribution in [-0.2, 0) is 10.0 Å². The molecule has 1 aromatic rings. The minimum Gasteiger partial charge on any atom is -0.206 e. The molecule has 1 unspecified atom stereocenters. The zero-order valence-corrected chi connectivity index (χ0v) is 12.8. The molecule has 1 saturated heterocycles. The molecule has 1 aliphatic rings. The van der Waals surface area contributed by atoms with Gasteiger partial charge in [0.25, 0.3) is 10.0 Å². The fourth-order valence-electron chi connectivity index (χ4n) is 1.64. The van der Waals surface area contributed by atoms with E-state index in [1.807, 2.05) is 18.7 Å². The van der Waals surface area contributed by atoms with Crippen LogP contribution < -0.4 is 0 Å². The Bertz CT molecular complexity index is 471.